The van der Waals surface area contributed by atoms with E-state index in [4.69, 9.17) is 11.6 Å². The van der Waals surface area contributed by atoms with Crippen molar-refractivity contribution in [2.45, 2.75) is 6.43 Å². The topological polar surface area (TPSA) is 22.1 Å². The van der Waals surface area contributed by atoms with Crippen LogP contribution in [0.15, 0.2) is 12.1 Å². The van der Waals surface area contributed by atoms with Crippen LogP contribution >= 0.6 is 11.6 Å². The van der Waals surface area contributed by atoms with Gasteiger partial charge in [0.2, 0.25) is 5.88 Å². The van der Waals surface area contributed by atoms with E-state index in [-0.39, 0.29) is 16.6 Å². The standard InChI is InChI=1S/C7H6ClF2NO/c1-12-7-4(6(9)10)2-3-5(8)11-7/h2-3,6H,1H3. The average Bonchev–Trinajstić information content (AvgIpc) is 2.03. The number of ether oxygens (including phenoxy) is 1. The summed E-state index contributed by atoms with van der Waals surface area (Å²) in [6.07, 6.45) is -2.59. The molecule has 0 saturated heterocycles. The molecule has 1 aromatic heterocycles. The molecule has 5 heteroatoms. The lowest BCUT2D eigenvalue weighted by atomic mass is 10.3. The van der Waals surface area contributed by atoms with E-state index in [0.29, 0.717) is 0 Å². The van der Waals surface area contributed by atoms with E-state index >= 15 is 0 Å². The first-order chi connectivity index (χ1) is 5.65. The zero-order valence-corrected chi connectivity index (χ0v) is 6.98. The quantitative estimate of drug-likeness (QED) is 0.674. The van der Waals surface area contributed by atoms with E-state index in [9.17, 15) is 8.78 Å². The fourth-order valence-corrected chi connectivity index (χ4v) is 0.898. The van der Waals surface area contributed by atoms with Crippen molar-refractivity contribution in [1.82, 2.24) is 4.98 Å². The molecule has 0 aliphatic heterocycles. The van der Waals surface area contributed by atoms with Crippen molar-refractivity contribution >= 4 is 11.6 Å². The summed E-state index contributed by atoms with van der Waals surface area (Å²) in [6, 6.07) is 2.49. The molecule has 0 aromatic carbocycles. The maximum absolute atomic E-state index is 12.2. The Labute approximate surface area is 73.1 Å². The number of nitrogens with zero attached hydrogens (tertiary/aromatic N) is 1. The molecule has 0 bridgehead atoms. The molecular weight excluding hydrogens is 188 g/mol. The highest BCUT2D eigenvalue weighted by Gasteiger charge is 2.14. The van der Waals surface area contributed by atoms with Crippen LogP contribution in [-0.2, 0) is 0 Å². The maximum atomic E-state index is 12.2. The molecule has 0 atom stereocenters. The number of alkyl halides is 2. The van der Waals surface area contributed by atoms with Gasteiger partial charge in [-0.15, -0.1) is 0 Å². The smallest absolute Gasteiger partial charge is 0.269 e. The Morgan fingerprint density at radius 2 is 2.17 bits per heavy atom. The van der Waals surface area contributed by atoms with Crippen LogP contribution in [0.5, 0.6) is 5.88 Å². The molecule has 0 amide bonds. The second-order valence-corrected chi connectivity index (χ2v) is 2.42. The van der Waals surface area contributed by atoms with Gasteiger partial charge in [-0.2, -0.15) is 0 Å². The molecule has 2 nitrogen and oxygen atoms in total. The number of pyridine rings is 1. The summed E-state index contributed by atoms with van der Waals surface area (Å²) in [5.41, 5.74) is -0.248. The van der Waals surface area contributed by atoms with Gasteiger partial charge in [0.05, 0.1) is 12.7 Å². The predicted molar refractivity (Wildman–Crippen MR) is 40.8 cm³/mol. The van der Waals surface area contributed by atoms with Crippen LogP contribution in [0.1, 0.15) is 12.0 Å². The largest absolute Gasteiger partial charge is 0.481 e. The number of aromatic nitrogens is 1. The first-order valence-corrected chi connectivity index (χ1v) is 3.51. The van der Waals surface area contributed by atoms with Crippen molar-refractivity contribution in [1.29, 1.82) is 0 Å². The predicted octanol–water partition coefficient (Wildman–Crippen LogP) is 2.68. The second-order valence-electron chi connectivity index (χ2n) is 2.03. The van der Waals surface area contributed by atoms with Crippen molar-refractivity contribution < 1.29 is 13.5 Å². The Morgan fingerprint density at radius 3 is 2.67 bits per heavy atom. The summed E-state index contributed by atoms with van der Waals surface area (Å²) >= 11 is 5.46. The van der Waals surface area contributed by atoms with Gasteiger partial charge in [0, 0.05) is 0 Å². The summed E-state index contributed by atoms with van der Waals surface area (Å²) in [7, 11) is 1.27. The minimum atomic E-state index is -2.59. The van der Waals surface area contributed by atoms with Gasteiger partial charge in [-0.25, -0.2) is 13.8 Å². The lowest BCUT2D eigenvalue weighted by Crippen LogP contribution is -1.95. The molecule has 1 rings (SSSR count). The normalized spacial score (nSPS) is 10.4. The summed E-state index contributed by atoms with van der Waals surface area (Å²) in [5, 5.41) is 0.135. The summed E-state index contributed by atoms with van der Waals surface area (Å²) < 4.78 is 29.0. The van der Waals surface area contributed by atoms with Crippen LogP contribution in [-0.4, -0.2) is 12.1 Å². The third-order valence-corrected chi connectivity index (χ3v) is 1.49. The zero-order chi connectivity index (χ0) is 9.14. The van der Waals surface area contributed by atoms with Gasteiger partial charge in [0.25, 0.3) is 6.43 Å². The van der Waals surface area contributed by atoms with E-state index in [1.54, 1.807) is 0 Å². The Hall–Kier alpha value is -0.900. The fourth-order valence-electron chi connectivity index (χ4n) is 0.758. The monoisotopic (exact) mass is 193 g/mol. The van der Waals surface area contributed by atoms with Crippen molar-refractivity contribution in [3.63, 3.8) is 0 Å². The SMILES string of the molecule is COc1nc(Cl)ccc1C(F)F. The van der Waals surface area contributed by atoms with Crippen LogP contribution in [0, 0.1) is 0 Å². The third-order valence-electron chi connectivity index (χ3n) is 1.28. The molecule has 0 aliphatic carbocycles. The molecule has 0 fully saturated rings. The third kappa shape index (κ3) is 1.82. The molecule has 0 radical (unpaired) electrons. The molecule has 0 unspecified atom stereocenters. The van der Waals surface area contributed by atoms with Crippen molar-refractivity contribution in [3.8, 4) is 5.88 Å². The van der Waals surface area contributed by atoms with Gasteiger partial charge in [-0.1, -0.05) is 11.6 Å². The van der Waals surface area contributed by atoms with Gasteiger partial charge in [-0.3, -0.25) is 0 Å². The Kier molecular flexibility index (Phi) is 2.81. The second kappa shape index (κ2) is 3.67. The van der Waals surface area contributed by atoms with E-state index in [1.165, 1.54) is 19.2 Å². The molecule has 0 aliphatic rings. The lowest BCUT2D eigenvalue weighted by Gasteiger charge is -2.05. The first kappa shape index (κ1) is 9.19. The molecule has 12 heavy (non-hydrogen) atoms. The van der Waals surface area contributed by atoms with Crippen molar-refractivity contribution in [2.24, 2.45) is 0 Å². The van der Waals surface area contributed by atoms with Crippen LogP contribution in [0.4, 0.5) is 8.78 Å². The van der Waals surface area contributed by atoms with Crippen LogP contribution in [0.25, 0.3) is 0 Å². The molecule has 1 heterocycles. The van der Waals surface area contributed by atoms with Gasteiger partial charge >= 0.3 is 0 Å². The highest BCUT2D eigenvalue weighted by molar-refractivity contribution is 6.29. The minimum Gasteiger partial charge on any atom is -0.481 e. The zero-order valence-electron chi connectivity index (χ0n) is 6.22. The molecular formula is C7H6ClF2NO. The maximum Gasteiger partial charge on any atom is 0.269 e. The highest BCUT2D eigenvalue weighted by Crippen LogP contribution is 2.27. The number of methoxy groups -OCH3 is 1. The average molecular weight is 194 g/mol. The summed E-state index contributed by atoms with van der Waals surface area (Å²) in [6.45, 7) is 0. The molecule has 66 valence electrons. The van der Waals surface area contributed by atoms with E-state index in [0.717, 1.165) is 0 Å². The fraction of sp³-hybridized carbons (Fsp3) is 0.286. The van der Waals surface area contributed by atoms with Crippen LogP contribution in [0.2, 0.25) is 5.15 Å². The van der Waals surface area contributed by atoms with Crippen LogP contribution in [0.3, 0.4) is 0 Å². The Bertz CT molecular complexity index is 280. The number of rotatable bonds is 2. The highest BCUT2D eigenvalue weighted by atomic mass is 35.5. The molecule has 0 N–H and O–H groups in total. The summed E-state index contributed by atoms with van der Waals surface area (Å²) in [5.74, 6) is -0.127. The Balaban J connectivity index is 3.11. The van der Waals surface area contributed by atoms with Gasteiger partial charge in [0.15, 0.2) is 0 Å². The molecule has 0 saturated carbocycles. The van der Waals surface area contributed by atoms with Crippen molar-refractivity contribution in [3.05, 3.63) is 22.8 Å². The van der Waals surface area contributed by atoms with Crippen LogP contribution < -0.4 is 4.74 Å². The molecule has 0 spiro atoms. The van der Waals surface area contributed by atoms with Crippen molar-refractivity contribution in [2.75, 3.05) is 7.11 Å². The lowest BCUT2D eigenvalue weighted by molar-refractivity contribution is 0.146. The minimum absolute atomic E-state index is 0.127. The van der Waals surface area contributed by atoms with E-state index < -0.39 is 6.43 Å². The molecule has 1 aromatic rings. The first-order valence-electron chi connectivity index (χ1n) is 3.13. The van der Waals surface area contributed by atoms with E-state index in [2.05, 4.69) is 9.72 Å². The van der Waals surface area contributed by atoms with Gasteiger partial charge in [-0.05, 0) is 12.1 Å². The number of hydrogen-bond acceptors (Lipinski definition) is 2. The number of hydrogen-bond donors (Lipinski definition) is 0. The van der Waals surface area contributed by atoms with Gasteiger partial charge in [0.1, 0.15) is 5.15 Å². The number of halogens is 3. The summed E-state index contributed by atoms with van der Waals surface area (Å²) in [4.78, 5) is 3.58. The van der Waals surface area contributed by atoms with E-state index in [1.807, 2.05) is 0 Å². The Morgan fingerprint density at radius 1 is 1.50 bits per heavy atom. The van der Waals surface area contributed by atoms with Gasteiger partial charge < -0.3 is 4.74 Å².